The molecule has 6 nitrogen and oxygen atoms in total. The number of rotatable bonds is 8. The molecule has 0 aromatic heterocycles. The molecule has 204 valence electrons. The van der Waals surface area contributed by atoms with Gasteiger partial charge >= 0.3 is 11.9 Å². The predicted octanol–water partition coefficient (Wildman–Crippen LogP) is 6.01. The molecule has 4 rings (SSSR count). The Morgan fingerprint density at radius 2 is 1.83 bits per heavy atom. The lowest BCUT2D eigenvalue weighted by Gasteiger charge is -2.47. The van der Waals surface area contributed by atoms with Crippen molar-refractivity contribution in [3.8, 4) is 0 Å². The molecule has 1 saturated carbocycles. The Morgan fingerprint density at radius 3 is 2.56 bits per heavy atom. The molecular weight excluding hydrogens is 456 g/mol. The van der Waals surface area contributed by atoms with Gasteiger partial charge in [0.05, 0.1) is 18.8 Å². The summed E-state index contributed by atoms with van der Waals surface area (Å²) in [4.78, 5) is 25.1. The van der Waals surface area contributed by atoms with Gasteiger partial charge in [-0.2, -0.15) is 0 Å². The molecule has 0 amide bonds. The van der Waals surface area contributed by atoms with Crippen LogP contribution in [-0.2, 0) is 28.5 Å². The second-order valence-electron chi connectivity index (χ2n) is 12.3. The number of fused-ring (bicyclic) bond motifs is 2. The molecule has 0 N–H and O–H groups in total. The smallest absolute Gasteiger partial charge is 0.306 e. The maximum atomic E-state index is 13.0. The van der Waals surface area contributed by atoms with Crippen LogP contribution >= 0.6 is 0 Å². The molecule has 2 bridgehead atoms. The van der Waals surface area contributed by atoms with Gasteiger partial charge in [0.1, 0.15) is 17.8 Å². The van der Waals surface area contributed by atoms with E-state index in [2.05, 4.69) is 40.7 Å². The molecule has 2 saturated heterocycles. The highest BCUT2D eigenvalue weighted by Crippen LogP contribution is 2.57. The maximum Gasteiger partial charge on any atom is 0.306 e. The van der Waals surface area contributed by atoms with E-state index in [-0.39, 0.29) is 48.0 Å². The quantitative estimate of drug-likeness (QED) is 0.229. The van der Waals surface area contributed by atoms with E-state index in [4.69, 9.17) is 18.9 Å². The summed E-state index contributed by atoms with van der Waals surface area (Å²) >= 11 is 0. The van der Waals surface area contributed by atoms with Gasteiger partial charge in [0.25, 0.3) is 0 Å². The van der Waals surface area contributed by atoms with Gasteiger partial charge in [-0.1, -0.05) is 58.1 Å². The van der Waals surface area contributed by atoms with Crippen LogP contribution in [0.25, 0.3) is 0 Å². The highest BCUT2D eigenvalue weighted by Gasteiger charge is 2.65. The van der Waals surface area contributed by atoms with Crippen LogP contribution in [0.3, 0.4) is 0 Å². The van der Waals surface area contributed by atoms with Crippen LogP contribution in [0.15, 0.2) is 11.6 Å². The van der Waals surface area contributed by atoms with E-state index in [9.17, 15) is 9.59 Å². The largest absolute Gasteiger partial charge is 0.462 e. The fourth-order valence-corrected chi connectivity index (χ4v) is 7.55. The highest BCUT2D eigenvalue weighted by molar-refractivity contribution is 5.69. The predicted molar refractivity (Wildman–Crippen MR) is 138 cm³/mol. The summed E-state index contributed by atoms with van der Waals surface area (Å²) in [6, 6.07) is 0. The van der Waals surface area contributed by atoms with Gasteiger partial charge in [-0.15, -0.1) is 0 Å². The van der Waals surface area contributed by atoms with Crippen LogP contribution in [0.1, 0.15) is 99.3 Å². The number of esters is 2. The molecule has 3 aliphatic heterocycles. The third kappa shape index (κ3) is 5.55. The van der Waals surface area contributed by atoms with E-state index in [1.54, 1.807) is 0 Å². The minimum Gasteiger partial charge on any atom is -0.462 e. The van der Waals surface area contributed by atoms with Crippen molar-refractivity contribution in [2.24, 2.45) is 29.6 Å². The van der Waals surface area contributed by atoms with Crippen LogP contribution in [0.5, 0.6) is 0 Å². The Hall–Kier alpha value is -1.40. The number of carbonyl (C=O) groups is 2. The molecule has 4 aliphatic rings. The van der Waals surface area contributed by atoms with Gasteiger partial charge in [0, 0.05) is 31.6 Å². The summed E-state index contributed by atoms with van der Waals surface area (Å²) in [5.74, 6) is 1.02. The summed E-state index contributed by atoms with van der Waals surface area (Å²) in [6.45, 7) is 13.0. The zero-order valence-corrected chi connectivity index (χ0v) is 23.3. The van der Waals surface area contributed by atoms with E-state index < -0.39 is 11.7 Å². The maximum absolute atomic E-state index is 13.0. The van der Waals surface area contributed by atoms with Crippen LogP contribution < -0.4 is 0 Å². The number of hydrogen-bond acceptors (Lipinski definition) is 6. The number of hydrogen-bond donors (Lipinski definition) is 0. The Morgan fingerprint density at radius 1 is 1.08 bits per heavy atom. The lowest BCUT2D eigenvalue weighted by Crippen LogP contribution is -2.57. The van der Waals surface area contributed by atoms with Gasteiger partial charge in [0.2, 0.25) is 0 Å². The van der Waals surface area contributed by atoms with E-state index in [0.29, 0.717) is 31.3 Å². The van der Waals surface area contributed by atoms with Crippen molar-refractivity contribution in [3.05, 3.63) is 11.6 Å². The second-order valence-corrected chi connectivity index (χ2v) is 12.3. The van der Waals surface area contributed by atoms with E-state index in [1.807, 2.05) is 0 Å². The Labute approximate surface area is 217 Å². The van der Waals surface area contributed by atoms with Crippen LogP contribution in [-0.4, -0.2) is 48.6 Å². The third-order valence-corrected chi connectivity index (χ3v) is 9.48. The molecule has 0 radical (unpaired) electrons. The first-order valence-corrected chi connectivity index (χ1v) is 14.5. The standard InChI is InChI=1S/C30H48O6/c1-7-8-9-10-11-12-25(32)36-28-19(3)16-22-20(4)17-33-30(6)24(34-21(5)31)14-13-18(2)15-23-27(28)26(22)29(30)35-23/h13,19-20,22-24,26-29H,7-12,14-17H2,1-6H3/b18-13+/t19-,20+,22+,23+,24-,26+,27+,28-,29+,30+/m1/s1. The number of carbonyl (C=O) groups excluding carboxylic acids is 2. The molecule has 0 aromatic rings. The summed E-state index contributed by atoms with van der Waals surface area (Å²) in [7, 11) is 0. The molecule has 0 aromatic carbocycles. The molecule has 0 unspecified atom stereocenters. The second kappa shape index (κ2) is 11.6. The van der Waals surface area contributed by atoms with E-state index in [0.717, 1.165) is 25.7 Å². The van der Waals surface area contributed by atoms with E-state index in [1.165, 1.54) is 31.8 Å². The molecule has 0 spiro atoms. The SMILES string of the molecule is CCCCCCCC(=O)O[C@H]1[C@@H]2[C@@H]3[C@@H](C[C@H]1C)[C@@H](C)CO[C@@]1(C)[C@H](OC(C)=O)C/C=C(\C)C[C@@H]2O[C@@H]31. The van der Waals surface area contributed by atoms with Gasteiger partial charge in [-0.05, 0) is 50.9 Å². The first-order chi connectivity index (χ1) is 17.2. The molecule has 3 heterocycles. The van der Waals surface area contributed by atoms with Gasteiger partial charge < -0.3 is 18.9 Å². The summed E-state index contributed by atoms with van der Waals surface area (Å²) in [5, 5.41) is 0. The molecule has 10 atom stereocenters. The molecule has 3 fully saturated rings. The zero-order chi connectivity index (χ0) is 26.0. The van der Waals surface area contributed by atoms with Crippen molar-refractivity contribution >= 4 is 11.9 Å². The third-order valence-electron chi connectivity index (χ3n) is 9.48. The van der Waals surface area contributed by atoms with Crippen LogP contribution in [0.4, 0.5) is 0 Å². The van der Waals surface area contributed by atoms with Crippen molar-refractivity contribution < 1.29 is 28.5 Å². The molecular formula is C30H48O6. The van der Waals surface area contributed by atoms with Crippen molar-refractivity contribution in [1.82, 2.24) is 0 Å². The van der Waals surface area contributed by atoms with Crippen LogP contribution in [0.2, 0.25) is 0 Å². The Bertz CT molecular complexity index is 822. The topological polar surface area (TPSA) is 71.1 Å². The van der Waals surface area contributed by atoms with Gasteiger partial charge in [-0.3, -0.25) is 9.59 Å². The minimum absolute atomic E-state index is 0.0341. The average molecular weight is 505 g/mol. The average Bonchev–Trinajstić information content (AvgIpc) is 3.17. The van der Waals surface area contributed by atoms with E-state index >= 15 is 0 Å². The highest BCUT2D eigenvalue weighted by atomic mass is 16.6. The summed E-state index contributed by atoms with van der Waals surface area (Å²) in [5.41, 5.74) is 0.478. The van der Waals surface area contributed by atoms with Gasteiger partial charge in [-0.25, -0.2) is 0 Å². The van der Waals surface area contributed by atoms with Crippen molar-refractivity contribution in [1.29, 1.82) is 0 Å². The van der Waals surface area contributed by atoms with Crippen LogP contribution in [0, 0.1) is 29.6 Å². The molecule has 1 aliphatic carbocycles. The first kappa shape index (κ1) is 27.6. The van der Waals surface area contributed by atoms with Crippen molar-refractivity contribution in [2.75, 3.05) is 6.61 Å². The molecule has 36 heavy (non-hydrogen) atoms. The fourth-order valence-electron chi connectivity index (χ4n) is 7.55. The fraction of sp³-hybridized carbons (Fsp3) is 0.867. The minimum atomic E-state index is -0.748. The van der Waals surface area contributed by atoms with Gasteiger partial charge in [0.15, 0.2) is 0 Å². The normalized spacial score (nSPS) is 43.3. The number of ether oxygens (including phenoxy) is 4. The van der Waals surface area contributed by atoms with Crippen molar-refractivity contribution in [3.63, 3.8) is 0 Å². The number of unbranched alkanes of at least 4 members (excludes halogenated alkanes) is 4. The first-order valence-electron chi connectivity index (χ1n) is 14.5. The lowest BCUT2D eigenvalue weighted by atomic mass is 9.59. The Kier molecular flexibility index (Phi) is 8.87. The molecule has 6 heteroatoms. The zero-order valence-electron chi connectivity index (χ0n) is 23.3. The summed E-state index contributed by atoms with van der Waals surface area (Å²) in [6.07, 6.45) is 9.87. The monoisotopic (exact) mass is 504 g/mol. The van der Waals surface area contributed by atoms with Crippen molar-refractivity contribution in [2.45, 2.75) is 129 Å². The Balaban J connectivity index is 1.63. The lowest BCUT2D eigenvalue weighted by molar-refractivity contribution is -0.200. The summed E-state index contributed by atoms with van der Waals surface area (Å²) < 4.78 is 25.8.